The van der Waals surface area contributed by atoms with Crippen LogP contribution in [0.15, 0.2) is 53.9 Å². The van der Waals surface area contributed by atoms with Gasteiger partial charge in [-0.2, -0.15) is 10.1 Å². The van der Waals surface area contributed by atoms with E-state index in [-0.39, 0.29) is 11.8 Å². The number of aromatic nitrogens is 3. The lowest BCUT2D eigenvalue weighted by molar-refractivity contribution is 0.122. The number of hydrazone groups is 1. The summed E-state index contributed by atoms with van der Waals surface area (Å²) in [4.78, 5) is 14.4. The minimum Gasteiger partial charge on any atom is -0.378 e. The molecule has 2 aliphatic heterocycles. The molecule has 2 fully saturated rings. The van der Waals surface area contributed by atoms with E-state index in [4.69, 9.17) is 4.74 Å². The normalized spacial score (nSPS) is 16.5. The molecule has 10 nitrogen and oxygen atoms in total. The zero-order valence-corrected chi connectivity index (χ0v) is 19.3. The van der Waals surface area contributed by atoms with Crippen molar-refractivity contribution in [1.82, 2.24) is 20.4 Å². The van der Waals surface area contributed by atoms with Crippen molar-refractivity contribution < 1.29 is 9.13 Å². The monoisotopic (exact) mass is 477 g/mol. The average molecular weight is 478 g/mol. The Morgan fingerprint density at radius 3 is 2.54 bits per heavy atom. The van der Waals surface area contributed by atoms with Crippen LogP contribution in [-0.2, 0) is 4.74 Å². The van der Waals surface area contributed by atoms with Gasteiger partial charge in [-0.1, -0.05) is 0 Å². The van der Waals surface area contributed by atoms with E-state index in [1.54, 1.807) is 12.4 Å². The van der Waals surface area contributed by atoms with Crippen molar-refractivity contribution in [1.29, 1.82) is 0 Å². The number of nitrogens with zero attached hydrogens (tertiary/aromatic N) is 6. The maximum atomic E-state index is 14.1. The fourth-order valence-electron chi connectivity index (χ4n) is 3.92. The van der Waals surface area contributed by atoms with Crippen LogP contribution in [0.3, 0.4) is 0 Å². The quantitative estimate of drug-likeness (QED) is 0.350. The number of ether oxygens (including phenoxy) is 1. The Hall–Kier alpha value is -3.83. The summed E-state index contributed by atoms with van der Waals surface area (Å²) in [5.41, 5.74) is 9.83. The molecule has 2 aromatic heterocycles. The Morgan fingerprint density at radius 2 is 1.80 bits per heavy atom. The molecule has 2 aliphatic rings. The first-order chi connectivity index (χ1) is 17.2. The smallest absolute Gasteiger partial charge is 0.245 e. The highest BCUT2D eigenvalue weighted by molar-refractivity contribution is 5.78. The van der Waals surface area contributed by atoms with E-state index in [0.717, 1.165) is 36.3 Å². The zero-order valence-electron chi connectivity index (χ0n) is 19.3. The number of pyridine rings is 1. The summed E-state index contributed by atoms with van der Waals surface area (Å²) >= 11 is 0. The standard InChI is InChI=1S/C24H28FN9O/c25-22-17-27-24(31-23(22)33-11-13-35-14-12-33)32-28-16-19-3-4-20(15-26-19)30-18-5-7-21(8-6-18)34-10-2-1-9-29-34/h3-8,15-17,29-30H,1-2,9-14H2,(H,27,31,32)/b28-16+. The Balaban J connectivity index is 1.15. The lowest BCUT2D eigenvalue weighted by atomic mass is 10.2. The largest absolute Gasteiger partial charge is 0.378 e. The zero-order chi connectivity index (χ0) is 23.9. The van der Waals surface area contributed by atoms with Crippen LogP contribution in [0.4, 0.5) is 33.2 Å². The van der Waals surface area contributed by atoms with Crippen LogP contribution in [-0.4, -0.2) is 60.6 Å². The molecule has 0 unspecified atom stereocenters. The van der Waals surface area contributed by atoms with Crippen LogP contribution in [0.5, 0.6) is 0 Å². The highest BCUT2D eigenvalue weighted by Gasteiger charge is 2.17. The van der Waals surface area contributed by atoms with Crippen molar-refractivity contribution in [3.63, 3.8) is 0 Å². The Morgan fingerprint density at radius 1 is 0.971 bits per heavy atom. The second-order valence-electron chi connectivity index (χ2n) is 8.25. The van der Waals surface area contributed by atoms with Gasteiger partial charge in [0, 0.05) is 31.9 Å². The van der Waals surface area contributed by atoms with Gasteiger partial charge in [-0.05, 0) is 49.2 Å². The van der Waals surface area contributed by atoms with Crippen molar-refractivity contribution in [3.05, 3.63) is 60.3 Å². The van der Waals surface area contributed by atoms with E-state index >= 15 is 0 Å². The number of halogens is 1. The molecule has 0 amide bonds. The molecule has 0 spiro atoms. The lowest BCUT2D eigenvalue weighted by Crippen LogP contribution is -2.43. The van der Waals surface area contributed by atoms with Gasteiger partial charge in [0.1, 0.15) is 0 Å². The number of benzene rings is 1. The van der Waals surface area contributed by atoms with Crippen LogP contribution in [0.1, 0.15) is 18.5 Å². The van der Waals surface area contributed by atoms with Gasteiger partial charge in [-0.3, -0.25) is 4.98 Å². The van der Waals surface area contributed by atoms with E-state index in [1.165, 1.54) is 12.8 Å². The molecule has 5 rings (SSSR count). The predicted molar refractivity (Wildman–Crippen MR) is 135 cm³/mol. The molecule has 35 heavy (non-hydrogen) atoms. The molecular formula is C24H28FN9O. The van der Waals surface area contributed by atoms with Crippen LogP contribution in [0, 0.1) is 5.82 Å². The molecule has 0 atom stereocenters. The molecule has 11 heteroatoms. The molecule has 0 bridgehead atoms. The van der Waals surface area contributed by atoms with Crippen molar-refractivity contribution in [3.8, 4) is 0 Å². The lowest BCUT2D eigenvalue weighted by Gasteiger charge is -2.29. The van der Waals surface area contributed by atoms with Gasteiger partial charge in [0.25, 0.3) is 0 Å². The molecular weight excluding hydrogens is 449 g/mol. The van der Waals surface area contributed by atoms with E-state index in [2.05, 4.69) is 65.5 Å². The SMILES string of the molecule is Fc1cnc(N/N=C/c2ccc(Nc3ccc(N4CCCCN4)cc3)cn2)nc1N1CCOCC1. The first-order valence-electron chi connectivity index (χ1n) is 11.7. The molecule has 2 saturated heterocycles. The summed E-state index contributed by atoms with van der Waals surface area (Å²) in [6, 6.07) is 12.1. The second-order valence-corrected chi connectivity index (χ2v) is 8.25. The van der Waals surface area contributed by atoms with Gasteiger partial charge in [0.15, 0.2) is 11.6 Å². The van der Waals surface area contributed by atoms with Crippen molar-refractivity contribution in [2.45, 2.75) is 12.8 Å². The third-order valence-corrected chi connectivity index (χ3v) is 5.76. The van der Waals surface area contributed by atoms with Crippen molar-refractivity contribution >= 4 is 35.0 Å². The average Bonchev–Trinajstić information content (AvgIpc) is 2.92. The molecule has 3 N–H and O–H groups in total. The summed E-state index contributed by atoms with van der Waals surface area (Å²) in [5, 5.41) is 9.68. The number of rotatable bonds is 7. The molecule has 0 saturated carbocycles. The summed E-state index contributed by atoms with van der Waals surface area (Å²) in [6.45, 7) is 4.30. The molecule has 3 aromatic rings. The van der Waals surface area contributed by atoms with Crippen molar-refractivity contribution in [2.75, 3.05) is 60.0 Å². The first kappa shape index (κ1) is 22.9. The highest BCUT2D eigenvalue weighted by Crippen LogP contribution is 2.22. The predicted octanol–water partition coefficient (Wildman–Crippen LogP) is 3.14. The van der Waals surface area contributed by atoms with Crippen LogP contribution < -0.4 is 26.1 Å². The van der Waals surface area contributed by atoms with E-state index in [9.17, 15) is 4.39 Å². The number of morpholine rings is 1. The number of hydrogen-bond acceptors (Lipinski definition) is 10. The fraction of sp³-hybridized carbons (Fsp3) is 0.333. The number of nitrogens with one attached hydrogen (secondary N) is 3. The van der Waals surface area contributed by atoms with Gasteiger partial charge < -0.3 is 20.0 Å². The molecule has 1 aromatic carbocycles. The topological polar surface area (TPSA) is 103 Å². The maximum Gasteiger partial charge on any atom is 0.245 e. The molecule has 182 valence electrons. The minimum atomic E-state index is -0.469. The highest BCUT2D eigenvalue weighted by atomic mass is 19.1. The maximum absolute atomic E-state index is 14.1. The minimum absolute atomic E-state index is 0.214. The first-order valence-corrected chi connectivity index (χ1v) is 11.7. The number of anilines is 5. The Bertz CT molecular complexity index is 1130. The Labute approximate surface area is 203 Å². The van der Waals surface area contributed by atoms with Gasteiger partial charge in [0.2, 0.25) is 5.95 Å². The molecule has 0 aliphatic carbocycles. The fourth-order valence-corrected chi connectivity index (χ4v) is 3.92. The van der Waals surface area contributed by atoms with Gasteiger partial charge in [-0.25, -0.2) is 20.2 Å². The summed E-state index contributed by atoms with van der Waals surface area (Å²) in [6.07, 6.45) is 6.87. The molecule has 4 heterocycles. The third-order valence-electron chi connectivity index (χ3n) is 5.76. The summed E-state index contributed by atoms with van der Waals surface area (Å²) in [5.74, 6) is -0.00982. The summed E-state index contributed by atoms with van der Waals surface area (Å²) in [7, 11) is 0. The summed E-state index contributed by atoms with van der Waals surface area (Å²) < 4.78 is 19.5. The molecule has 0 radical (unpaired) electrons. The van der Waals surface area contributed by atoms with Crippen LogP contribution >= 0.6 is 0 Å². The van der Waals surface area contributed by atoms with Gasteiger partial charge >= 0.3 is 0 Å². The van der Waals surface area contributed by atoms with E-state index in [0.29, 0.717) is 32.0 Å². The Kier molecular flexibility index (Phi) is 7.25. The van der Waals surface area contributed by atoms with Crippen LogP contribution in [0.25, 0.3) is 0 Å². The number of hydrazine groups is 1. The van der Waals surface area contributed by atoms with E-state index < -0.39 is 5.82 Å². The number of hydrogen-bond donors (Lipinski definition) is 3. The van der Waals surface area contributed by atoms with Gasteiger partial charge in [0.05, 0.1) is 48.9 Å². The third kappa shape index (κ3) is 6.00. The van der Waals surface area contributed by atoms with Crippen molar-refractivity contribution in [2.24, 2.45) is 5.10 Å². The van der Waals surface area contributed by atoms with Crippen LogP contribution in [0.2, 0.25) is 0 Å². The second kappa shape index (κ2) is 11.1. The van der Waals surface area contributed by atoms with Gasteiger partial charge in [-0.15, -0.1) is 0 Å². The van der Waals surface area contributed by atoms with E-state index in [1.807, 2.05) is 17.0 Å².